The minimum absolute atomic E-state index is 0.807. The van der Waals surface area contributed by atoms with Gasteiger partial charge in [-0.2, -0.15) is 0 Å². The number of anilines is 3. The molecule has 4 heterocycles. The summed E-state index contributed by atoms with van der Waals surface area (Å²) in [5.74, 6) is 0.814. The summed E-state index contributed by atoms with van der Waals surface area (Å²) in [6.07, 6.45) is 5.39. The molecule has 0 saturated heterocycles. The lowest BCUT2D eigenvalue weighted by molar-refractivity contribution is 0.668. The maximum atomic E-state index is 6.14. The van der Waals surface area contributed by atoms with Crippen LogP contribution in [0.15, 0.2) is 112 Å². The Hall–Kier alpha value is -4.64. The zero-order valence-electron chi connectivity index (χ0n) is 17.5. The van der Waals surface area contributed by atoms with E-state index in [1.807, 2.05) is 60.8 Å². The van der Waals surface area contributed by atoms with Crippen LogP contribution in [0.4, 0.5) is 17.2 Å². The topological polar surface area (TPSA) is 55.3 Å². The Morgan fingerprint density at radius 3 is 2.27 bits per heavy atom. The summed E-state index contributed by atoms with van der Waals surface area (Å²) in [5, 5.41) is 4.02. The van der Waals surface area contributed by atoms with Gasteiger partial charge in [-0.3, -0.25) is 9.88 Å². The normalized spacial score (nSPS) is 11.6. The Labute approximate surface area is 188 Å². The van der Waals surface area contributed by atoms with Crippen LogP contribution in [0.25, 0.3) is 43.9 Å². The number of pyridine rings is 2. The molecule has 3 aromatic carbocycles. The maximum Gasteiger partial charge on any atom is 0.149 e. The molecule has 33 heavy (non-hydrogen) atoms. The molecule has 0 aliphatic heterocycles. The number of hydrogen-bond donors (Lipinski definition) is 0. The minimum atomic E-state index is 0.807. The largest absolute Gasteiger partial charge is 0.456 e. The van der Waals surface area contributed by atoms with Crippen LogP contribution in [0, 0.1) is 0 Å². The van der Waals surface area contributed by atoms with Crippen molar-refractivity contribution in [1.29, 1.82) is 0 Å². The van der Waals surface area contributed by atoms with E-state index >= 15 is 0 Å². The molecule has 0 amide bonds. The minimum Gasteiger partial charge on any atom is -0.456 e. The number of para-hydroxylation sites is 2. The lowest BCUT2D eigenvalue weighted by atomic mass is 10.1. The molecule has 4 aromatic heterocycles. The first-order chi connectivity index (χ1) is 16.4. The van der Waals surface area contributed by atoms with Gasteiger partial charge in [0.1, 0.15) is 28.1 Å². The van der Waals surface area contributed by atoms with Gasteiger partial charge in [-0.1, -0.05) is 36.4 Å². The summed E-state index contributed by atoms with van der Waals surface area (Å²) in [6, 6.07) is 28.3. The zero-order valence-corrected chi connectivity index (χ0v) is 17.5. The highest BCUT2D eigenvalue weighted by atomic mass is 16.3. The summed E-state index contributed by atoms with van der Waals surface area (Å²) in [7, 11) is 0. The van der Waals surface area contributed by atoms with Crippen molar-refractivity contribution in [2.45, 2.75) is 0 Å². The van der Waals surface area contributed by atoms with Crippen molar-refractivity contribution in [3.05, 3.63) is 104 Å². The number of nitrogens with zero attached hydrogens (tertiary/aromatic N) is 3. The van der Waals surface area contributed by atoms with Crippen molar-refractivity contribution < 1.29 is 8.83 Å². The summed E-state index contributed by atoms with van der Waals surface area (Å²) in [6.45, 7) is 0. The molecule has 7 aromatic rings. The van der Waals surface area contributed by atoms with Crippen molar-refractivity contribution in [3.8, 4) is 0 Å². The number of benzene rings is 3. The number of rotatable bonds is 3. The zero-order chi connectivity index (χ0) is 21.8. The Morgan fingerprint density at radius 1 is 0.576 bits per heavy atom. The second-order valence-electron chi connectivity index (χ2n) is 7.93. The van der Waals surface area contributed by atoms with Crippen molar-refractivity contribution >= 4 is 61.1 Å². The lowest BCUT2D eigenvalue weighted by Gasteiger charge is -2.25. The van der Waals surface area contributed by atoms with Crippen molar-refractivity contribution in [1.82, 2.24) is 9.97 Å². The molecular weight excluding hydrogens is 410 g/mol. The van der Waals surface area contributed by atoms with Gasteiger partial charge in [0, 0.05) is 46.1 Å². The van der Waals surface area contributed by atoms with Gasteiger partial charge in [0.05, 0.1) is 5.39 Å². The molecule has 0 bridgehead atoms. The first-order valence-electron chi connectivity index (χ1n) is 10.7. The fourth-order valence-electron chi connectivity index (χ4n) is 4.54. The lowest BCUT2D eigenvalue weighted by Crippen LogP contribution is -2.11. The molecule has 156 valence electrons. The Morgan fingerprint density at radius 2 is 1.33 bits per heavy atom. The average molecular weight is 427 g/mol. The first kappa shape index (κ1) is 18.0. The highest BCUT2D eigenvalue weighted by Gasteiger charge is 2.21. The van der Waals surface area contributed by atoms with Crippen LogP contribution in [0.1, 0.15) is 0 Å². The molecule has 0 unspecified atom stereocenters. The van der Waals surface area contributed by atoms with Gasteiger partial charge in [-0.05, 0) is 48.5 Å². The van der Waals surface area contributed by atoms with E-state index in [-0.39, 0.29) is 0 Å². The highest BCUT2D eigenvalue weighted by Crippen LogP contribution is 2.42. The van der Waals surface area contributed by atoms with E-state index in [9.17, 15) is 0 Å². The molecule has 7 rings (SSSR count). The highest BCUT2D eigenvalue weighted by molar-refractivity contribution is 6.13. The van der Waals surface area contributed by atoms with Crippen LogP contribution < -0.4 is 4.90 Å². The molecule has 5 heteroatoms. The molecule has 0 aliphatic rings. The number of aromatic nitrogens is 2. The van der Waals surface area contributed by atoms with Gasteiger partial charge in [-0.25, -0.2) is 4.98 Å². The Bertz CT molecular complexity index is 1780. The van der Waals surface area contributed by atoms with E-state index in [0.717, 1.165) is 61.1 Å². The van der Waals surface area contributed by atoms with Crippen LogP contribution in [0.5, 0.6) is 0 Å². The van der Waals surface area contributed by atoms with Crippen LogP contribution >= 0.6 is 0 Å². The standard InChI is InChI=1S/C28H17N3O2/c1-2-6-18(7-3-1)31(19-10-11-24-21(16-19)22-17-29-14-12-25(22)32-24)28-27-20-8-4-5-9-23(20)33-26(27)13-15-30-28/h1-17H. The van der Waals surface area contributed by atoms with E-state index in [0.29, 0.717) is 0 Å². The monoisotopic (exact) mass is 427 g/mol. The number of fused-ring (bicyclic) bond motifs is 6. The average Bonchev–Trinajstić information content (AvgIpc) is 3.43. The Balaban J connectivity index is 1.55. The van der Waals surface area contributed by atoms with E-state index in [1.165, 1.54) is 0 Å². The fraction of sp³-hybridized carbons (Fsp3) is 0. The summed E-state index contributed by atoms with van der Waals surface area (Å²) in [5.41, 5.74) is 5.29. The van der Waals surface area contributed by atoms with Crippen LogP contribution in [0.2, 0.25) is 0 Å². The first-order valence-corrected chi connectivity index (χ1v) is 10.7. The molecular formula is C28H17N3O2. The predicted molar refractivity (Wildman–Crippen MR) is 131 cm³/mol. The van der Waals surface area contributed by atoms with Gasteiger partial charge in [0.15, 0.2) is 0 Å². The van der Waals surface area contributed by atoms with E-state index in [2.05, 4.69) is 40.2 Å². The third kappa shape index (κ3) is 2.72. The van der Waals surface area contributed by atoms with Crippen molar-refractivity contribution in [2.75, 3.05) is 4.90 Å². The van der Waals surface area contributed by atoms with Crippen molar-refractivity contribution in [2.24, 2.45) is 0 Å². The number of hydrogen-bond acceptors (Lipinski definition) is 5. The summed E-state index contributed by atoms with van der Waals surface area (Å²) >= 11 is 0. The molecule has 0 atom stereocenters. The molecule has 0 N–H and O–H groups in total. The SMILES string of the molecule is c1ccc(N(c2ccc3oc4ccncc4c3c2)c2nccc3oc4ccccc4c23)cc1. The molecule has 0 spiro atoms. The van der Waals surface area contributed by atoms with Crippen molar-refractivity contribution in [3.63, 3.8) is 0 Å². The number of furan rings is 2. The second-order valence-corrected chi connectivity index (χ2v) is 7.93. The predicted octanol–water partition coefficient (Wildman–Crippen LogP) is 7.75. The van der Waals surface area contributed by atoms with E-state index in [1.54, 1.807) is 12.4 Å². The van der Waals surface area contributed by atoms with Gasteiger partial charge in [-0.15, -0.1) is 0 Å². The molecule has 0 radical (unpaired) electrons. The molecule has 0 fully saturated rings. The van der Waals surface area contributed by atoms with E-state index < -0.39 is 0 Å². The van der Waals surface area contributed by atoms with Gasteiger partial charge < -0.3 is 8.83 Å². The van der Waals surface area contributed by atoms with Crippen LogP contribution in [0.3, 0.4) is 0 Å². The molecule has 0 aliphatic carbocycles. The van der Waals surface area contributed by atoms with E-state index in [4.69, 9.17) is 13.8 Å². The van der Waals surface area contributed by atoms with Gasteiger partial charge >= 0.3 is 0 Å². The molecule has 5 nitrogen and oxygen atoms in total. The Kier molecular flexibility index (Phi) is 3.78. The van der Waals surface area contributed by atoms with Crippen LogP contribution in [-0.2, 0) is 0 Å². The molecule has 0 saturated carbocycles. The smallest absolute Gasteiger partial charge is 0.149 e. The quantitative estimate of drug-likeness (QED) is 0.289. The van der Waals surface area contributed by atoms with Crippen LogP contribution in [-0.4, -0.2) is 9.97 Å². The maximum absolute atomic E-state index is 6.14. The second kappa shape index (κ2) is 6.93. The third-order valence-electron chi connectivity index (χ3n) is 6.01. The summed E-state index contributed by atoms with van der Waals surface area (Å²) in [4.78, 5) is 11.3. The summed E-state index contributed by atoms with van der Waals surface area (Å²) < 4.78 is 12.2. The van der Waals surface area contributed by atoms with Gasteiger partial charge in [0.2, 0.25) is 0 Å². The van der Waals surface area contributed by atoms with Gasteiger partial charge in [0.25, 0.3) is 0 Å². The third-order valence-corrected chi connectivity index (χ3v) is 6.01. The fourth-order valence-corrected chi connectivity index (χ4v) is 4.54.